The second-order valence-corrected chi connectivity index (χ2v) is 6.59. The monoisotopic (exact) mass is 297 g/mol. The fourth-order valence-corrected chi connectivity index (χ4v) is 3.71. The molecule has 1 aromatic carbocycles. The molecule has 3 rings (SSSR count). The molecule has 1 aliphatic carbocycles. The summed E-state index contributed by atoms with van der Waals surface area (Å²) in [6.45, 7) is 2.50. The van der Waals surface area contributed by atoms with Crippen molar-refractivity contribution in [3.8, 4) is 6.07 Å². The van der Waals surface area contributed by atoms with Crippen molar-refractivity contribution in [3.05, 3.63) is 29.8 Å². The average molecular weight is 297 g/mol. The molecule has 4 nitrogen and oxygen atoms in total. The molecule has 0 saturated heterocycles. The van der Waals surface area contributed by atoms with Crippen molar-refractivity contribution in [2.45, 2.75) is 57.0 Å². The zero-order valence-electron chi connectivity index (χ0n) is 13.1. The first kappa shape index (κ1) is 14.9. The second-order valence-electron chi connectivity index (χ2n) is 6.59. The normalized spacial score (nSPS) is 22.7. The maximum absolute atomic E-state index is 12.5. The van der Waals surface area contributed by atoms with Crippen LogP contribution in [-0.2, 0) is 11.2 Å². The Morgan fingerprint density at radius 2 is 2.14 bits per heavy atom. The van der Waals surface area contributed by atoms with Crippen LogP contribution in [0.1, 0.15) is 44.6 Å². The molecule has 116 valence electrons. The van der Waals surface area contributed by atoms with E-state index in [1.165, 1.54) is 5.56 Å². The molecular weight excluding hydrogens is 274 g/mol. The van der Waals surface area contributed by atoms with E-state index < -0.39 is 5.54 Å². The summed E-state index contributed by atoms with van der Waals surface area (Å²) in [5, 5.41) is 12.4. The Hall–Kier alpha value is -2.02. The van der Waals surface area contributed by atoms with Gasteiger partial charge in [-0.05, 0) is 57.1 Å². The second kappa shape index (κ2) is 6.00. The summed E-state index contributed by atoms with van der Waals surface area (Å²) in [7, 11) is 0. The highest BCUT2D eigenvalue weighted by molar-refractivity contribution is 5.83. The van der Waals surface area contributed by atoms with Crippen LogP contribution in [0.3, 0.4) is 0 Å². The van der Waals surface area contributed by atoms with Gasteiger partial charge in [0, 0.05) is 11.7 Å². The molecule has 1 atom stereocenters. The number of benzene rings is 1. The molecule has 1 amide bonds. The minimum Gasteiger partial charge on any atom is -0.359 e. The molecule has 2 aliphatic rings. The van der Waals surface area contributed by atoms with Crippen molar-refractivity contribution >= 4 is 11.6 Å². The molecule has 0 aromatic heterocycles. The number of amides is 1. The van der Waals surface area contributed by atoms with Gasteiger partial charge in [-0.15, -0.1) is 0 Å². The molecule has 22 heavy (non-hydrogen) atoms. The van der Waals surface area contributed by atoms with Gasteiger partial charge in [-0.2, -0.15) is 5.26 Å². The maximum Gasteiger partial charge on any atom is 0.240 e. The first-order valence-corrected chi connectivity index (χ1v) is 8.20. The van der Waals surface area contributed by atoms with Crippen molar-refractivity contribution in [2.75, 3.05) is 11.4 Å². The summed E-state index contributed by atoms with van der Waals surface area (Å²) < 4.78 is 0. The van der Waals surface area contributed by atoms with Gasteiger partial charge >= 0.3 is 0 Å². The summed E-state index contributed by atoms with van der Waals surface area (Å²) in [6.07, 6.45) is 5.74. The zero-order chi connectivity index (χ0) is 15.6. The number of aryl methyl sites for hydroxylation is 1. The number of para-hydroxylation sites is 1. The Morgan fingerprint density at radius 3 is 2.86 bits per heavy atom. The van der Waals surface area contributed by atoms with Crippen LogP contribution in [0.25, 0.3) is 0 Å². The predicted molar refractivity (Wildman–Crippen MR) is 86.5 cm³/mol. The highest BCUT2D eigenvalue weighted by Crippen LogP contribution is 2.31. The van der Waals surface area contributed by atoms with E-state index in [0.717, 1.165) is 44.2 Å². The smallest absolute Gasteiger partial charge is 0.240 e. The molecule has 0 bridgehead atoms. The number of nitrogens with one attached hydrogen (secondary N) is 1. The zero-order valence-corrected chi connectivity index (χ0v) is 13.1. The van der Waals surface area contributed by atoms with E-state index in [9.17, 15) is 10.1 Å². The maximum atomic E-state index is 12.5. The van der Waals surface area contributed by atoms with Gasteiger partial charge in [-0.25, -0.2) is 0 Å². The van der Waals surface area contributed by atoms with Gasteiger partial charge in [0.05, 0.1) is 12.6 Å². The lowest BCUT2D eigenvalue weighted by atomic mass is 9.96. The summed E-state index contributed by atoms with van der Waals surface area (Å²) in [5.41, 5.74) is 1.84. The molecule has 1 aliphatic heterocycles. The molecule has 1 fully saturated rings. The molecule has 1 unspecified atom stereocenters. The van der Waals surface area contributed by atoms with Gasteiger partial charge in [0.15, 0.2) is 0 Å². The summed E-state index contributed by atoms with van der Waals surface area (Å²) >= 11 is 0. The molecule has 1 N–H and O–H groups in total. The van der Waals surface area contributed by atoms with E-state index >= 15 is 0 Å². The lowest BCUT2D eigenvalue weighted by Gasteiger charge is -2.37. The van der Waals surface area contributed by atoms with Crippen molar-refractivity contribution in [3.63, 3.8) is 0 Å². The van der Waals surface area contributed by atoms with Gasteiger partial charge in [0.1, 0.15) is 5.54 Å². The Bertz CT molecular complexity index is 599. The number of anilines is 1. The Balaban J connectivity index is 1.72. The van der Waals surface area contributed by atoms with Crippen LogP contribution < -0.4 is 10.2 Å². The first-order chi connectivity index (χ1) is 10.6. The van der Waals surface area contributed by atoms with Crippen molar-refractivity contribution in [1.82, 2.24) is 5.32 Å². The molecule has 4 heteroatoms. The lowest BCUT2D eigenvalue weighted by Crippen LogP contribution is -2.51. The number of carbonyl (C=O) groups excluding carboxylic acids is 1. The van der Waals surface area contributed by atoms with Crippen molar-refractivity contribution in [2.24, 2.45) is 0 Å². The topological polar surface area (TPSA) is 56.1 Å². The summed E-state index contributed by atoms with van der Waals surface area (Å²) in [4.78, 5) is 14.7. The number of hydrogen-bond acceptors (Lipinski definition) is 3. The van der Waals surface area contributed by atoms with E-state index in [1.807, 2.05) is 6.07 Å². The highest BCUT2D eigenvalue weighted by Gasteiger charge is 2.36. The molecular formula is C18H23N3O. The van der Waals surface area contributed by atoms with Crippen molar-refractivity contribution < 1.29 is 4.79 Å². The molecule has 1 aromatic rings. The van der Waals surface area contributed by atoms with E-state index in [-0.39, 0.29) is 5.91 Å². The minimum atomic E-state index is -0.629. The Kier molecular flexibility index (Phi) is 4.06. The van der Waals surface area contributed by atoms with Gasteiger partial charge < -0.3 is 10.2 Å². The van der Waals surface area contributed by atoms with Crippen LogP contribution in [0, 0.1) is 11.3 Å². The molecule has 0 spiro atoms. The Labute approximate surface area is 132 Å². The molecule has 0 radical (unpaired) electrons. The van der Waals surface area contributed by atoms with Gasteiger partial charge in [-0.1, -0.05) is 18.2 Å². The summed E-state index contributed by atoms with van der Waals surface area (Å²) in [6, 6.07) is 11.0. The number of carbonyl (C=O) groups is 1. The van der Waals surface area contributed by atoms with E-state index in [0.29, 0.717) is 12.6 Å². The van der Waals surface area contributed by atoms with E-state index in [2.05, 4.69) is 41.4 Å². The third kappa shape index (κ3) is 2.81. The highest BCUT2D eigenvalue weighted by atomic mass is 16.2. The van der Waals surface area contributed by atoms with Gasteiger partial charge in [0.25, 0.3) is 0 Å². The Morgan fingerprint density at radius 1 is 1.41 bits per heavy atom. The minimum absolute atomic E-state index is 0.0352. The number of nitriles is 1. The third-order valence-electron chi connectivity index (χ3n) is 5.03. The molecule has 1 heterocycles. The number of nitrogens with zero attached hydrogens (tertiary/aromatic N) is 2. The lowest BCUT2D eigenvalue weighted by molar-refractivity contribution is -0.121. The van der Waals surface area contributed by atoms with Crippen molar-refractivity contribution in [1.29, 1.82) is 5.26 Å². The number of fused-ring (bicyclic) bond motifs is 1. The predicted octanol–water partition coefficient (Wildman–Crippen LogP) is 2.78. The largest absolute Gasteiger partial charge is 0.359 e. The third-order valence-corrected chi connectivity index (χ3v) is 5.03. The van der Waals surface area contributed by atoms with E-state index in [4.69, 9.17) is 0 Å². The van der Waals surface area contributed by atoms with Crippen LogP contribution in [0.4, 0.5) is 5.69 Å². The fraction of sp³-hybridized carbons (Fsp3) is 0.556. The summed E-state index contributed by atoms with van der Waals surface area (Å²) in [5.74, 6) is -0.0352. The molecule has 1 saturated carbocycles. The number of hydrogen-bond donors (Lipinski definition) is 1. The quantitative estimate of drug-likeness (QED) is 0.933. The van der Waals surface area contributed by atoms with Crippen LogP contribution in [0.15, 0.2) is 24.3 Å². The first-order valence-electron chi connectivity index (χ1n) is 8.20. The van der Waals surface area contributed by atoms with Crippen LogP contribution in [-0.4, -0.2) is 24.0 Å². The number of rotatable bonds is 3. The fourth-order valence-electron chi connectivity index (χ4n) is 3.71. The van der Waals surface area contributed by atoms with E-state index in [1.54, 1.807) is 0 Å². The van der Waals surface area contributed by atoms with Gasteiger partial charge in [-0.3, -0.25) is 4.79 Å². The average Bonchev–Trinajstić information content (AvgIpc) is 2.99. The van der Waals surface area contributed by atoms with Crippen LogP contribution >= 0.6 is 0 Å². The van der Waals surface area contributed by atoms with Crippen LogP contribution in [0.2, 0.25) is 0 Å². The van der Waals surface area contributed by atoms with Crippen LogP contribution in [0.5, 0.6) is 0 Å². The standard InChI is InChI=1S/C18H23N3O/c1-14-8-9-15-6-2-3-7-16(15)21(14)12-17(22)20-18(13-19)10-4-5-11-18/h2-3,6-7,14H,4-5,8-12H2,1H3,(H,20,22). The SMILES string of the molecule is CC1CCc2ccccc2N1CC(=O)NC1(C#N)CCCC1. The van der Waals surface area contributed by atoms with Gasteiger partial charge in [0.2, 0.25) is 5.91 Å².